The maximum atomic E-state index is 11.3. The van der Waals surface area contributed by atoms with E-state index in [1.165, 1.54) is 0 Å². The maximum absolute atomic E-state index is 11.3. The van der Waals surface area contributed by atoms with Crippen LogP contribution in [0.2, 0.25) is 0 Å². The molecule has 0 aromatic heterocycles. The van der Waals surface area contributed by atoms with Gasteiger partial charge in [0.1, 0.15) is 5.75 Å². The van der Waals surface area contributed by atoms with E-state index in [0.717, 1.165) is 11.3 Å². The van der Waals surface area contributed by atoms with E-state index < -0.39 is 0 Å². The average molecular weight is 265 g/mol. The summed E-state index contributed by atoms with van der Waals surface area (Å²) < 4.78 is 10.3. The van der Waals surface area contributed by atoms with E-state index in [-0.39, 0.29) is 17.9 Å². The van der Waals surface area contributed by atoms with Crippen molar-refractivity contribution in [3.05, 3.63) is 29.8 Å². The highest BCUT2D eigenvalue weighted by atomic mass is 16.5. The highest BCUT2D eigenvalue weighted by Gasteiger charge is 2.24. The quantitative estimate of drug-likeness (QED) is 0.767. The molecule has 19 heavy (non-hydrogen) atoms. The number of para-hydroxylation sites is 1. The van der Waals surface area contributed by atoms with Crippen molar-refractivity contribution >= 4 is 5.97 Å². The first-order valence-electron chi connectivity index (χ1n) is 6.51. The molecule has 0 heterocycles. The predicted octanol–water partition coefficient (Wildman–Crippen LogP) is 2.13. The van der Waals surface area contributed by atoms with Crippen molar-refractivity contribution in [3.8, 4) is 5.75 Å². The fraction of sp³-hybridized carbons (Fsp3) is 0.533. The van der Waals surface area contributed by atoms with E-state index in [4.69, 9.17) is 9.47 Å². The monoisotopic (exact) mass is 265 g/mol. The first-order valence-corrected chi connectivity index (χ1v) is 6.51. The van der Waals surface area contributed by atoms with Crippen LogP contribution in [0.1, 0.15) is 26.3 Å². The van der Waals surface area contributed by atoms with Crippen molar-refractivity contribution in [2.75, 3.05) is 26.8 Å². The number of ether oxygens (including phenoxy) is 2. The first-order chi connectivity index (χ1) is 9.01. The lowest BCUT2D eigenvalue weighted by Gasteiger charge is -2.27. The zero-order valence-corrected chi connectivity index (χ0v) is 12.2. The lowest BCUT2D eigenvalue weighted by molar-refractivity contribution is -0.142. The minimum Gasteiger partial charge on any atom is -0.496 e. The Morgan fingerprint density at radius 3 is 2.63 bits per heavy atom. The SMILES string of the molecule is CCOC(=O)CNCC(C)(C)c1ccccc1OC. The highest BCUT2D eigenvalue weighted by molar-refractivity contribution is 5.71. The van der Waals surface area contributed by atoms with E-state index in [1.807, 2.05) is 24.3 Å². The van der Waals surface area contributed by atoms with E-state index in [1.54, 1.807) is 14.0 Å². The molecule has 0 saturated carbocycles. The van der Waals surface area contributed by atoms with Crippen LogP contribution in [0.3, 0.4) is 0 Å². The summed E-state index contributed by atoms with van der Waals surface area (Å²) in [7, 11) is 1.67. The van der Waals surface area contributed by atoms with Crippen LogP contribution >= 0.6 is 0 Å². The topological polar surface area (TPSA) is 47.6 Å². The smallest absolute Gasteiger partial charge is 0.319 e. The van der Waals surface area contributed by atoms with Crippen LogP contribution in [0.15, 0.2) is 24.3 Å². The average Bonchev–Trinajstić information content (AvgIpc) is 2.38. The van der Waals surface area contributed by atoms with Crippen molar-refractivity contribution in [1.82, 2.24) is 5.32 Å². The van der Waals surface area contributed by atoms with Crippen LogP contribution in [-0.4, -0.2) is 32.8 Å². The molecule has 0 saturated heterocycles. The molecule has 1 N–H and O–H groups in total. The number of carbonyl (C=O) groups is 1. The Labute approximate surface area is 115 Å². The van der Waals surface area contributed by atoms with Gasteiger partial charge < -0.3 is 14.8 Å². The number of carbonyl (C=O) groups excluding carboxylic acids is 1. The third-order valence-electron chi connectivity index (χ3n) is 2.98. The molecule has 0 spiro atoms. The van der Waals surface area contributed by atoms with Gasteiger partial charge in [-0.05, 0) is 13.0 Å². The largest absolute Gasteiger partial charge is 0.496 e. The lowest BCUT2D eigenvalue weighted by atomic mass is 9.84. The second-order valence-corrected chi connectivity index (χ2v) is 4.99. The fourth-order valence-electron chi connectivity index (χ4n) is 1.99. The molecule has 0 amide bonds. The third kappa shape index (κ3) is 4.56. The van der Waals surface area contributed by atoms with Gasteiger partial charge in [-0.15, -0.1) is 0 Å². The molecule has 0 fully saturated rings. The normalized spacial score (nSPS) is 11.2. The molecule has 106 valence electrons. The Morgan fingerprint density at radius 1 is 1.32 bits per heavy atom. The standard InChI is InChI=1S/C15H23NO3/c1-5-19-14(17)10-16-11-15(2,3)12-8-6-7-9-13(12)18-4/h6-9,16H,5,10-11H2,1-4H3. The number of hydrogen-bond acceptors (Lipinski definition) is 4. The number of nitrogens with one attached hydrogen (secondary N) is 1. The zero-order valence-electron chi connectivity index (χ0n) is 12.2. The summed E-state index contributed by atoms with van der Waals surface area (Å²) in [5, 5.41) is 3.13. The van der Waals surface area contributed by atoms with E-state index in [2.05, 4.69) is 19.2 Å². The Hall–Kier alpha value is -1.55. The van der Waals surface area contributed by atoms with Gasteiger partial charge in [0.2, 0.25) is 0 Å². The van der Waals surface area contributed by atoms with Gasteiger partial charge in [-0.1, -0.05) is 32.0 Å². The van der Waals surface area contributed by atoms with Gasteiger partial charge in [0.15, 0.2) is 0 Å². The summed E-state index contributed by atoms with van der Waals surface area (Å²) in [6.45, 7) is 7.34. The number of rotatable bonds is 7. The highest BCUT2D eigenvalue weighted by Crippen LogP contribution is 2.30. The van der Waals surface area contributed by atoms with Gasteiger partial charge in [-0.25, -0.2) is 0 Å². The summed E-state index contributed by atoms with van der Waals surface area (Å²) in [6.07, 6.45) is 0. The number of esters is 1. The van der Waals surface area contributed by atoms with Crippen molar-refractivity contribution in [1.29, 1.82) is 0 Å². The molecule has 0 aliphatic rings. The zero-order chi connectivity index (χ0) is 14.3. The second-order valence-electron chi connectivity index (χ2n) is 4.99. The minimum atomic E-state index is -0.224. The third-order valence-corrected chi connectivity index (χ3v) is 2.98. The number of hydrogen-bond donors (Lipinski definition) is 1. The molecule has 4 nitrogen and oxygen atoms in total. The van der Waals surface area contributed by atoms with Gasteiger partial charge in [-0.2, -0.15) is 0 Å². The molecule has 0 atom stereocenters. The van der Waals surface area contributed by atoms with Crippen LogP contribution in [0, 0.1) is 0 Å². The summed E-state index contributed by atoms with van der Waals surface area (Å²) in [5.74, 6) is 0.642. The second kappa shape index (κ2) is 7.14. The summed E-state index contributed by atoms with van der Waals surface area (Å²) in [5.41, 5.74) is 0.993. The van der Waals surface area contributed by atoms with Crippen molar-refractivity contribution in [3.63, 3.8) is 0 Å². The Balaban J connectivity index is 2.62. The van der Waals surface area contributed by atoms with Crippen LogP contribution in [0.5, 0.6) is 5.75 Å². The van der Waals surface area contributed by atoms with E-state index in [9.17, 15) is 4.79 Å². The van der Waals surface area contributed by atoms with Crippen molar-refractivity contribution in [2.24, 2.45) is 0 Å². The van der Waals surface area contributed by atoms with Crippen LogP contribution in [-0.2, 0) is 14.9 Å². The Morgan fingerprint density at radius 2 is 2.00 bits per heavy atom. The van der Waals surface area contributed by atoms with Gasteiger partial charge in [0, 0.05) is 17.5 Å². The van der Waals surface area contributed by atoms with E-state index >= 15 is 0 Å². The maximum Gasteiger partial charge on any atom is 0.319 e. The predicted molar refractivity (Wildman–Crippen MR) is 75.5 cm³/mol. The van der Waals surface area contributed by atoms with Gasteiger partial charge in [-0.3, -0.25) is 4.79 Å². The molecule has 0 aliphatic carbocycles. The fourth-order valence-corrected chi connectivity index (χ4v) is 1.99. The first kappa shape index (κ1) is 15.5. The summed E-state index contributed by atoms with van der Waals surface area (Å²) in [6, 6.07) is 7.93. The molecule has 0 radical (unpaired) electrons. The van der Waals surface area contributed by atoms with E-state index in [0.29, 0.717) is 13.2 Å². The van der Waals surface area contributed by atoms with Crippen LogP contribution < -0.4 is 10.1 Å². The number of methoxy groups -OCH3 is 1. The molecule has 0 unspecified atom stereocenters. The molecule has 1 aromatic rings. The van der Waals surface area contributed by atoms with Gasteiger partial charge in [0.25, 0.3) is 0 Å². The van der Waals surface area contributed by atoms with Gasteiger partial charge >= 0.3 is 5.97 Å². The Kier molecular flexibility index (Phi) is 5.83. The Bertz CT molecular complexity index is 416. The lowest BCUT2D eigenvalue weighted by Crippen LogP contribution is -2.36. The van der Waals surface area contributed by atoms with Gasteiger partial charge in [0.05, 0.1) is 20.3 Å². The van der Waals surface area contributed by atoms with Crippen LogP contribution in [0.25, 0.3) is 0 Å². The van der Waals surface area contributed by atoms with Crippen molar-refractivity contribution < 1.29 is 14.3 Å². The minimum absolute atomic E-state index is 0.126. The molecule has 4 heteroatoms. The summed E-state index contributed by atoms with van der Waals surface area (Å²) in [4.78, 5) is 11.3. The van der Waals surface area contributed by atoms with Crippen molar-refractivity contribution in [2.45, 2.75) is 26.2 Å². The summed E-state index contributed by atoms with van der Waals surface area (Å²) >= 11 is 0. The molecular formula is C15H23NO3. The molecule has 1 aromatic carbocycles. The molecule has 0 aliphatic heterocycles. The van der Waals surface area contributed by atoms with Crippen LogP contribution in [0.4, 0.5) is 0 Å². The molecule has 0 bridgehead atoms. The molecular weight excluding hydrogens is 242 g/mol. The molecule has 1 rings (SSSR count). The number of benzene rings is 1.